The Morgan fingerprint density at radius 3 is 3.00 bits per heavy atom. The quantitative estimate of drug-likeness (QED) is 0.751. The highest BCUT2D eigenvalue weighted by atomic mass is 19.1. The van der Waals surface area contributed by atoms with Crippen LogP contribution in [0.5, 0.6) is 0 Å². The Hall–Kier alpha value is -1.22. The third-order valence-electron chi connectivity index (χ3n) is 3.43. The van der Waals surface area contributed by atoms with Gasteiger partial charge in [0.25, 0.3) is 0 Å². The van der Waals surface area contributed by atoms with Gasteiger partial charge in [-0.3, -0.25) is 9.69 Å². The van der Waals surface area contributed by atoms with Crippen molar-refractivity contribution < 1.29 is 9.18 Å². The number of carbonyl (C=O) groups excluding carboxylic acids is 1. The molecule has 17 heavy (non-hydrogen) atoms. The van der Waals surface area contributed by atoms with E-state index in [9.17, 15) is 9.18 Å². The number of hydrogen-bond donors (Lipinski definition) is 0. The third kappa shape index (κ3) is 3.13. The summed E-state index contributed by atoms with van der Waals surface area (Å²) in [5.41, 5.74) is 0.475. The summed E-state index contributed by atoms with van der Waals surface area (Å²) in [5, 5.41) is 0. The zero-order valence-corrected chi connectivity index (χ0v) is 10.2. The molecule has 1 saturated heterocycles. The van der Waals surface area contributed by atoms with E-state index < -0.39 is 0 Å². The minimum atomic E-state index is -0.345. The van der Waals surface area contributed by atoms with Gasteiger partial charge in [0.15, 0.2) is 5.78 Å². The maximum atomic E-state index is 13.0. The summed E-state index contributed by atoms with van der Waals surface area (Å²) >= 11 is 0. The summed E-state index contributed by atoms with van der Waals surface area (Å²) in [6.45, 7) is 3.53. The Morgan fingerprint density at radius 2 is 2.29 bits per heavy atom. The normalized spacial score (nSPS) is 21.4. The highest BCUT2D eigenvalue weighted by Gasteiger charge is 2.21. The van der Waals surface area contributed by atoms with Gasteiger partial charge in [-0.15, -0.1) is 0 Å². The highest BCUT2D eigenvalue weighted by molar-refractivity contribution is 5.97. The van der Waals surface area contributed by atoms with Crippen LogP contribution in [0.15, 0.2) is 24.3 Å². The van der Waals surface area contributed by atoms with Crippen molar-refractivity contribution in [2.75, 3.05) is 13.1 Å². The van der Waals surface area contributed by atoms with Crippen LogP contribution in [0.1, 0.15) is 36.5 Å². The lowest BCUT2D eigenvalue weighted by Gasteiger charge is -2.32. The number of halogens is 1. The monoisotopic (exact) mass is 235 g/mol. The molecule has 0 aromatic heterocycles. The molecular weight excluding hydrogens is 217 g/mol. The molecule has 0 N–H and O–H groups in total. The second-order valence-corrected chi connectivity index (χ2v) is 4.75. The molecule has 0 amide bonds. The van der Waals surface area contributed by atoms with Crippen molar-refractivity contribution >= 4 is 5.78 Å². The molecule has 1 aliphatic rings. The van der Waals surface area contributed by atoms with Crippen LogP contribution >= 0.6 is 0 Å². The average molecular weight is 235 g/mol. The van der Waals surface area contributed by atoms with Crippen molar-refractivity contribution in [1.29, 1.82) is 0 Å². The lowest BCUT2D eigenvalue weighted by molar-refractivity contribution is 0.0860. The number of benzene rings is 1. The van der Waals surface area contributed by atoms with E-state index in [1.54, 1.807) is 12.1 Å². The van der Waals surface area contributed by atoms with E-state index in [0.717, 1.165) is 19.4 Å². The average Bonchev–Trinajstić information content (AvgIpc) is 2.32. The smallest absolute Gasteiger partial charge is 0.176 e. The molecule has 92 valence electrons. The molecule has 0 aliphatic carbocycles. The fraction of sp³-hybridized carbons (Fsp3) is 0.500. The minimum absolute atomic E-state index is 0.0123. The Bertz CT molecular complexity index is 405. The number of hydrogen-bond acceptors (Lipinski definition) is 2. The van der Waals surface area contributed by atoms with E-state index in [0.29, 0.717) is 18.2 Å². The van der Waals surface area contributed by atoms with Crippen molar-refractivity contribution in [3.05, 3.63) is 35.6 Å². The molecule has 0 spiro atoms. The van der Waals surface area contributed by atoms with Crippen LogP contribution in [0.2, 0.25) is 0 Å². The predicted molar refractivity (Wildman–Crippen MR) is 65.6 cm³/mol. The van der Waals surface area contributed by atoms with Crippen molar-refractivity contribution in [3.8, 4) is 0 Å². The first-order valence-corrected chi connectivity index (χ1v) is 6.19. The second kappa shape index (κ2) is 5.41. The van der Waals surface area contributed by atoms with Gasteiger partial charge in [-0.2, -0.15) is 0 Å². The van der Waals surface area contributed by atoms with Gasteiger partial charge in [0.1, 0.15) is 5.82 Å². The fourth-order valence-electron chi connectivity index (χ4n) is 2.33. The van der Waals surface area contributed by atoms with E-state index in [4.69, 9.17) is 0 Å². The van der Waals surface area contributed by atoms with Crippen LogP contribution in [0.4, 0.5) is 4.39 Å². The molecule has 0 saturated carbocycles. The SMILES string of the molecule is CC1CCCCN1CC(=O)c1cccc(F)c1. The van der Waals surface area contributed by atoms with Crippen molar-refractivity contribution in [1.82, 2.24) is 4.90 Å². The first-order chi connectivity index (χ1) is 8.16. The maximum absolute atomic E-state index is 13.0. The van der Waals surface area contributed by atoms with Gasteiger partial charge in [-0.05, 0) is 38.4 Å². The van der Waals surface area contributed by atoms with Gasteiger partial charge >= 0.3 is 0 Å². The van der Waals surface area contributed by atoms with E-state index in [-0.39, 0.29) is 11.6 Å². The number of piperidine rings is 1. The van der Waals surface area contributed by atoms with E-state index >= 15 is 0 Å². The molecule has 1 aromatic carbocycles. The van der Waals surface area contributed by atoms with Gasteiger partial charge in [-0.1, -0.05) is 18.6 Å². The number of Topliss-reactive ketones (excluding diaryl/α,β-unsaturated/α-hetero) is 1. The molecule has 1 atom stereocenters. The fourth-order valence-corrected chi connectivity index (χ4v) is 2.33. The maximum Gasteiger partial charge on any atom is 0.176 e. The van der Waals surface area contributed by atoms with Crippen molar-refractivity contribution in [3.63, 3.8) is 0 Å². The van der Waals surface area contributed by atoms with Crippen LogP contribution in [0, 0.1) is 5.82 Å². The topological polar surface area (TPSA) is 20.3 Å². The van der Waals surface area contributed by atoms with Crippen LogP contribution < -0.4 is 0 Å². The van der Waals surface area contributed by atoms with Gasteiger partial charge in [0, 0.05) is 11.6 Å². The van der Waals surface area contributed by atoms with E-state index in [2.05, 4.69) is 11.8 Å². The van der Waals surface area contributed by atoms with Crippen LogP contribution in [-0.2, 0) is 0 Å². The van der Waals surface area contributed by atoms with Gasteiger partial charge in [-0.25, -0.2) is 4.39 Å². The first kappa shape index (κ1) is 12.2. The predicted octanol–water partition coefficient (Wildman–Crippen LogP) is 2.88. The van der Waals surface area contributed by atoms with E-state index in [1.807, 2.05) is 0 Å². The lowest BCUT2D eigenvalue weighted by Crippen LogP contribution is -2.40. The molecule has 1 fully saturated rings. The third-order valence-corrected chi connectivity index (χ3v) is 3.43. The lowest BCUT2D eigenvalue weighted by atomic mass is 10.0. The summed E-state index contributed by atoms with van der Waals surface area (Å²) in [6.07, 6.45) is 3.54. The van der Waals surface area contributed by atoms with Crippen molar-refractivity contribution in [2.24, 2.45) is 0 Å². The van der Waals surface area contributed by atoms with Gasteiger partial charge in [0.05, 0.1) is 6.54 Å². The summed E-state index contributed by atoms with van der Waals surface area (Å²) in [5.74, 6) is -0.333. The molecule has 2 rings (SSSR count). The largest absolute Gasteiger partial charge is 0.293 e. The summed E-state index contributed by atoms with van der Waals surface area (Å²) in [7, 11) is 0. The number of rotatable bonds is 3. The Morgan fingerprint density at radius 1 is 1.47 bits per heavy atom. The Kier molecular flexibility index (Phi) is 3.89. The molecule has 3 heteroatoms. The van der Waals surface area contributed by atoms with Gasteiger partial charge in [0.2, 0.25) is 0 Å². The standard InChI is InChI=1S/C14H18FNO/c1-11-5-2-3-8-16(11)10-14(17)12-6-4-7-13(15)9-12/h4,6-7,9,11H,2-3,5,8,10H2,1H3. The zero-order valence-electron chi connectivity index (χ0n) is 10.2. The summed E-state index contributed by atoms with van der Waals surface area (Å²) in [4.78, 5) is 14.2. The zero-order chi connectivity index (χ0) is 12.3. The molecule has 2 nitrogen and oxygen atoms in total. The molecule has 0 radical (unpaired) electrons. The molecule has 1 heterocycles. The molecule has 1 unspecified atom stereocenters. The number of nitrogens with zero attached hydrogens (tertiary/aromatic N) is 1. The van der Waals surface area contributed by atoms with Crippen LogP contribution in [0.25, 0.3) is 0 Å². The highest BCUT2D eigenvalue weighted by Crippen LogP contribution is 2.17. The van der Waals surface area contributed by atoms with Crippen LogP contribution in [0.3, 0.4) is 0 Å². The van der Waals surface area contributed by atoms with Crippen LogP contribution in [-0.4, -0.2) is 29.8 Å². The summed E-state index contributed by atoms with van der Waals surface area (Å²) < 4.78 is 13.0. The molecule has 1 aliphatic heterocycles. The Balaban J connectivity index is 2.01. The Labute approximate surface area is 101 Å². The number of carbonyl (C=O) groups is 1. The summed E-state index contributed by atoms with van der Waals surface area (Å²) in [6, 6.07) is 6.40. The molecular formula is C14H18FNO. The minimum Gasteiger partial charge on any atom is -0.293 e. The number of likely N-dealkylation sites (tertiary alicyclic amines) is 1. The number of ketones is 1. The molecule has 0 bridgehead atoms. The van der Waals surface area contributed by atoms with E-state index in [1.165, 1.54) is 18.6 Å². The van der Waals surface area contributed by atoms with Gasteiger partial charge < -0.3 is 0 Å². The molecule has 1 aromatic rings. The van der Waals surface area contributed by atoms with Crippen molar-refractivity contribution in [2.45, 2.75) is 32.2 Å². The first-order valence-electron chi connectivity index (χ1n) is 6.19. The second-order valence-electron chi connectivity index (χ2n) is 4.75.